The highest BCUT2D eigenvalue weighted by molar-refractivity contribution is 5.85. The van der Waals surface area contributed by atoms with E-state index in [4.69, 9.17) is 9.26 Å². The molecule has 1 N–H and O–H groups in total. The normalized spacial score (nSPS) is 28.1. The lowest BCUT2D eigenvalue weighted by atomic mass is 9.98. The maximum Gasteiger partial charge on any atom is 0.246 e. The van der Waals surface area contributed by atoms with Crippen molar-refractivity contribution in [1.82, 2.24) is 20.4 Å². The lowest BCUT2D eigenvalue weighted by Crippen LogP contribution is -2.45. The maximum absolute atomic E-state index is 5.58. The van der Waals surface area contributed by atoms with Crippen LogP contribution in [0.25, 0.3) is 0 Å². The number of rotatable bonds is 3. The second-order valence-corrected chi connectivity index (χ2v) is 5.48. The number of nitrogens with zero attached hydrogens (tertiary/aromatic N) is 3. The Morgan fingerprint density at radius 3 is 3.05 bits per heavy atom. The zero-order chi connectivity index (χ0) is 13.1. The molecule has 0 aromatic carbocycles. The molecule has 2 atom stereocenters. The smallest absolute Gasteiger partial charge is 0.246 e. The first-order valence-electron chi connectivity index (χ1n) is 7.15. The molecule has 0 bridgehead atoms. The van der Waals surface area contributed by atoms with Crippen LogP contribution in [0.15, 0.2) is 4.52 Å². The summed E-state index contributed by atoms with van der Waals surface area (Å²) in [4.78, 5) is 6.80. The number of hydrogen-bond acceptors (Lipinski definition) is 6. The molecular weight excluding hydrogens is 280 g/mol. The van der Waals surface area contributed by atoms with Crippen LogP contribution >= 0.6 is 12.4 Å². The van der Waals surface area contributed by atoms with Crippen LogP contribution in [0.1, 0.15) is 30.6 Å². The molecule has 2 saturated heterocycles. The van der Waals surface area contributed by atoms with Gasteiger partial charge >= 0.3 is 0 Å². The molecule has 2 unspecified atom stereocenters. The maximum atomic E-state index is 5.58. The van der Waals surface area contributed by atoms with E-state index in [9.17, 15) is 0 Å². The quantitative estimate of drug-likeness (QED) is 0.904. The summed E-state index contributed by atoms with van der Waals surface area (Å²) in [7, 11) is 0. The van der Waals surface area contributed by atoms with Gasteiger partial charge in [0, 0.05) is 13.1 Å². The van der Waals surface area contributed by atoms with E-state index in [0.717, 1.165) is 38.7 Å². The molecule has 3 heterocycles. The fourth-order valence-electron chi connectivity index (χ4n) is 2.94. The van der Waals surface area contributed by atoms with E-state index < -0.39 is 0 Å². The van der Waals surface area contributed by atoms with Crippen molar-refractivity contribution in [3.63, 3.8) is 0 Å². The number of ether oxygens (including phenoxy) is 1. The fourth-order valence-corrected chi connectivity index (χ4v) is 2.94. The van der Waals surface area contributed by atoms with Crippen molar-refractivity contribution < 1.29 is 9.26 Å². The van der Waals surface area contributed by atoms with Gasteiger partial charge < -0.3 is 14.6 Å². The van der Waals surface area contributed by atoms with E-state index in [1.54, 1.807) is 0 Å². The van der Waals surface area contributed by atoms with Crippen LogP contribution in [0.2, 0.25) is 0 Å². The number of aryl methyl sites for hydroxylation is 1. The number of piperidine rings is 1. The van der Waals surface area contributed by atoms with Gasteiger partial charge in [0.25, 0.3) is 0 Å². The highest BCUT2D eigenvalue weighted by Crippen LogP contribution is 2.25. The molecule has 2 fully saturated rings. The Morgan fingerprint density at radius 2 is 2.35 bits per heavy atom. The van der Waals surface area contributed by atoms with E-state index in [2.05, 4.69) is 20.4 Å². The molecule has 7 heteroatoms. The average Bonchev–Trinajstić information content (AvgIpc) is 2.87. The van der Waals surface area contributed by atoms with E-state index in [0.29, 0.717) is 18.3 Å². The highest BCUT2D eigenvalue weighted by Gasteiger charge is 2.31. The standard InChI is InChI=1S/C13H22N4O2.ClH/c1-10-15-13(19-16-10)12-9-18-6-5-17(12)8-11-3-2-4-14-7-11;/h11-12,14H,2-9H2,1H3;1H. The molecule has 2 aliphatic rings. The Bertz CT molecular complexity index is 409. The average molecular weight is 303 g/mol. The number of nitrogens with one attached hydrogen (secondary N) is 1. The summed E-state index contributed by atoms with van der Waals surface area (Å²) in [5.41, 5.74) is 0. The molecule has 0 saturated carbocycles. The molecule has 0 amide bonds. The van der Waals surface area contributed by atoms with Gasteiger partial charge in [0.15, 0.2) is 5.82 Å². The van der Waals surface area contributed by atoms with Crippen LogP contribution in [0, 0.1) is 12.8 Å². The molecule has 0 aliphatic carbocycles. The van der Waals surface area contributed by atoms with E-state index in [1.807, 2.05) is 6.92 Å². The highest BCUT2D eigenvalue weighted by atomic mass is 35.5. The van der Waals surface area contributed by atoms with Crippen molar-refractivity contribution in [1.29, 1.82) is 0 Å². The van der Waals surface area contributed by atoms with Crippen molar-refractivity contribution in [3.8, 4) is 0 Å². The Morgan fingerprint density at radius 1 is 1.45 bits per heavy atom. The van der Waals surface area contributed by atoms with Crippen LogP contribution in [0.4, 0.5) is 0 Å². The van der Waals surface area contributed by atoms with Crippen LogP contribution in [-0.4, -0.2) is 54.4 Å². The minimum absolute atomic E-state index is 0. The number of halogens is 1. The third kappa shape index (κ3) is 3.69. The zero-order valence-electron chi connectivity index (χ0n) is 11.9. The molecule has 20 heavy (non-hydrogen) atoms. The first kappa shape index (κ1) is 15.7. The summed E-state index contributed by atoms with van der Waals surface area (Å²) in [5.74, 6) is 2.11. The molecule has 2 aliphatic heterocycles. The topological polar surface area (TPSA) is 63.4 Å². The van der Waals surface area contributed by atoms with Crippen LogP contribution in [0.5, 0.6) is 0 Å². The van der Waals surface area contributed by atoms with E-state index in [1.165, 1.54) is 12.8 Å². The van der Waals surface area contributed by atoms with Crippen molar-refractivity contribution in [2.75, 3.05) is 39.4 Å². The van der Waals surface area contributed by atoms with Gasteiger partial charge in [-0.3, -0.25) is 4.90 Å². The zero-order valence-corrected chi connectivity index (χ0v) is 12.7. The van der Waals surface area contributed by atoms with Crippen molar-refractivity contribution in [2.24, 2.45) is 5.92 Å². The number of aromatic nitrogens is 2. The predicted octanol–water partition coefficient (Wildman–Crippen LogP) is 1.17. The third-order valence-corrected chi connectivity index (χ3v) is 3.96. The largest absolute Gasteiger partial charge is 0.378 e. The third-order valence-electron chi connectivity index (χ3n) is 3.96. The lowest BCUT2D eigenvalue weighted by Gasteiger charge is -2.36. The molecule has 3 rings (SSSR count). The summed E-state index contributed by atoms with van der Waals surface area (Å²) in [6.45, 7) is 7.61. The Kier molecular flexibility index (Phi) is 5.77. The van der Waals surface area contributed by atoms with E-state index in [-0.39, 0.29) is 18.4 Å². The minimum Gasteiger partial charge on any atom is -0.378 e. The number of hydrogen-bond donors (Lipinski definition) is 1. The minimum atomic E-state index is 0. The van der Waals surface area contributed by atoms with Gasteiger partial charge in [-0.2, -0.15) is 4.98 Å². The van der Waals surface area contributed by atoms with Gasteiger partial charge in [0.2, 0.25) is 5.89 Å². The fraction of sp³-hybridized carbons (Fsp3) is 0.846. The van der Waals surface area contributed by atoms with Crippen molar-refractivity contribution >= 4 is 12.4 Å². The summed E-state index contributed by atoms with van der Waals surface area (Å²) in [6.07, 6.45) is 2.58. The molecule has 114 valence electrons. The Labute approximate surface area is 125 Å². The summed E-state index contributed by atoms with van der Waals surface area (Å²) in [6, 6.07) is 0.122. The molecule has 1 aromatic heterocycles. The van der Waals surface area contributed by atoms with Gasteiger partial charge in [-0.25, -0.2) is 0 Å². The summed E-state index contributed by atoms with van der Waals surface area (Å²) in [5, 5.41) is 7.37. The second-order valence-electron chi connectivity index (χ2n) is 5.48. The van der Waals surface area contributed by atoms with Crippen molar-refractivity contribution in [2.45, 2.75) is 25.8 Å². The molecule has 0 spiro atoms. The SMILES string of the molecule is Cc1noc(C2COCCN2CC2CCCNC2)n1.Cl. The first-order chi connectivity index (χ1) is 9.33. The second kappa shape index (κ2) is 7.36. The van der Waals surface area contributed by atoms with Crippen molar-refractivity contribution in [3.05, 3.63) is 11.7 Å². The Balaban J connectivity index is 0.00000147. The van der Waals surface area contributed by atoms with Crippen LogP contribution < -0.4 is 5.32 Å². The van der Waals surface area contributed by atoms with Gasteiger partial charge in [-0.15, -0.1) is 12.4 Å². The molecule has 0 radical (unpaired) electrons. The van der Waals surface area contributed by atoms with Crippen LogP contribution in [0.3, 0.4) is 0 Å². The van der Waals surface area contributed by atoms with E-state index >= 15 is 0 Å². The van der Waals surface area contributed by atoms with Crippen LogP contribution in [-0.2, 0) is 4.74 Å². The summed E-state index contributed by atoms with van der Waals surface area (Å²) < 4.78 is 10.9. The van der Waals surface area contributed by atoms with Gasteiger partial charge in [0.1, 0.15) is 6.04 Å². The lowest BCUT2D eigenvalue weighted by molar-refractivity contribution is -0.0277. The molecule has 6 nitrogen and oxygen atoms in total. The summed E-state index contributed by atoms with van der Waals surface area (Å²) >= 11 is 0. The number of morpholine rings is 1. The predicted molar refractivity (Wildman–Crippen MR) is 77.0 cm³/mol. The Hall–Kier alpha value is -0.690. The molecule has 1 aromatic rings. The van der Waals surface area contributed by atoms with Gasteiger partial charge in [0.05, 0.1) is 13.2 Å². The van der Waals surface area contributed by atoms with Gasteiger partial charge in [-0.05, 0) is 38.8 Å². The molecular formula is C13H23ClN4O2. The van der Waals surface area contributed by atoms with Gasteiger partial charge in [-0.1, -0.05) is 5.16 Å². The first-order valence-corrected chi connectivity index (χ1v) is 7.15. The monoisotopic (exact) mass is 302 g/mol.